The monoisotopic (exact) mass is 128 g/mol. The molecule has 0 heterocycles. The summed E-state index contributed by atoms with van der Waals surface area (Å²) in [6.45, 7) is 3.82. The van der Waals surface area contributed by atoms with Crippen LogP contribution in [0.1, 0.15) is 19.3 Å². The summed E-state index contributed by atoms with van der Waals surface area (Å²) in [5, 5.41) is 8.35. The molecule has 0 unspecified atom stereocenters. The summed E-state index contributed by atoms with van der Waals surface area (Å²) in [4.78, 5) is 9.86. The minimum Gasteiger partial charge on any atom is -0.396 e. The average Bonchev–Trinajstić information content (AvgIpc) is 1.85. The Morgan fingerprint density at radius 2 is 2.33 bits per heavy atom. The Kier molecular flexibility index (Phi) is 5.12. The maximum absolute atomic E-state index is 9.86. The molecule has 0 aromatic rings. The van der Waals surface area contributed by atoms with E-state index in [9.17, 15) is 4.79 Å². The van der Waals surface area contributed by atoms with Crippen LogP contribution in [0.15, 0.2) is 12.2 Å². The van der Waals surface area contributed by atoms with Gasteiger partial charge in [-0.25, -0.2) is 0 Å². The molecule has 52 valence electrons. The minimum absolute atomic E-state index is 0.178. The molecule has 9 heavy (non-hydrogen) atoms. The van der Waals surface area contributed by atoms with Crippen LogP contribution in [0.3, 0.4) is 0 Å². The second kappa shape index (κ2) is 5.51. The number of carbonyl (C=O) groups excluding carboxylic acids is 1. The van der Waals surface area contributed by atoms with Gasteiger partial charge in [0, 0.05) is 13.0 Å². The van der Waals surface area contributed by atoms with Gasteiger partial charge in [0.25, 0.3) is 0 Å². The van der Waals surface area contributed by atoms with Crippen LogP contribution in [0.5, 0.6) is 0 Å². The van der Waals surface area contributed by atoms with Gasteiger partial charge in [-0.1, -0.05) is 12.2 Å². The Morgan fingerprint density at radius 1 is 1.67 bits per heavy atom. The molecule has 0 saturated carbocycles. The van der Waals surface area contributed by atoms with Crippen molar-refractivity contribution in [3.05, 3.63) is 12.2 Å². The number of aliphatic hydroxyl groups excluding tert-OH is 1. The molecule has 0 aliphatic heterocycles. The quantitative estimate of drug-likeness (QED) is 0.441. The number of carbonyl (C=O) groups is 1. The molecule has 1 N–H and O–H groups in total. The Balaban J connectivity index is 3.16. The predicted octanol–water partition coefficient (Wildman–Crippen LogP) is 0.904. The molecule has 2 nitrogen and oxygen atoms in total. The van der Waals surface area contributed by atoms with E-state index in [-0.39, 0.29) is 6.61 Å². The summed E-state index contributed by atoms with van der Waals surface area (Å²) in [6.07, 6.45) is 2.74. The van der Waals surface area contributed by atoms with Crippen LogP contribution in [0.25, 0.3) is 0 Å². The summed E-state index contributed by atoms with van der Waals surface area (Å²) >= 11 is 0. The second-order valence-electron chi connectivity index (χ2n) is 1.95. The first-order valence-electron chi connectivity index (χ1n) is 3.02. The maximum atomic E-state index is 9.86. The van der Waals surface area contributed by atoms with Crippen molar-refractivity contribution < 1.29 is 9.90 Å². The van der Waals surface area contributed by atoms with Crippen molar-refractivity contribution in [2.75, 3.05) is 6.61 Å². The molecule has 0 aliphatic carbocycles. The first-order chi connectivity index (χ1) is 4.31. The van der Waals surface area contributed by atoms with Gasteiger partial charge in [0.15, 0.2) is 0 Å². The molecule has 2 heteroatoms. The molecule has 0 aromatic heterocycles. The number of aldehydes is 1. The molecule has 0 aliphatic rings. The third kappa shape index (κ3) is 5.24. The molecule has 0 bridgehead atoms. The molecule has 0 fully saturated rings. The first-order valence-corrected chi connectivity index (χ1v) is 3.02. The molecule has 0 atom stereocenters. The molecule has 0 aromatic carbocycles. The van der Waals surface area contributed by atoms with E-state index in [1.54, 1.807) is 0 Å². The molecular formula is C7H12O2. The number of allylic oxidation sites excluding steroid dienone is 1. The summed E-state index contributed by atoms with van der Waals surface area (Å²) in [7, 11) is 0. The largest absolute Gasteiger partial charge is 0.396 e. The topological polar surface area (TPSA) is 37.3 Å². The highest BCUT2D eigenvalue weighted by atomic mass is 16.2. The number of aliphatic hydroxyl groups is 1. The normalized spacial score (nSPS) is 9.00. The number of rotatable bonds is 5. The van der Waals surface area contributed by atoms with Crippen LogP contribution in [0.4, 0.5) is 0 Å². The van der Waals surface area contributed by atoms with Crippen molar-refractivity contribution in [2.24, 2.45) is 0 Å². The zero-order chi connectivity index (χ0) is 7.11. The highest BCUT2D eigenvalue weighted by molar-refractivity contribution is 5.53. The van der Waals surface area contributed by atoms with Crippen LogP contribution >= 0.6 is 0 Å². The van der Waals surface area contributed by atoms with Crippen molar-refractivity contribution in [3.63, 3.8) is 0 Å². The van der Waals surface area contributed by atoms with Crippen molar-refractivity contribution in [3.8, 4) is 0 Å². The van der Waals surface area contributed by atoms with Gasteiger partial charge in [-0.05, 0) is 12.8 Å². The van der Waals surface area contributed by atoms with Gasteiger partial charge >= 0.3 is 0 Å². The fourth-order valence-corrected chi connectivity index (χ4v) is 0.549. The molecule has 0 amide bonds. The second-order valence-corrected chi connectivity index (χ2v) is 1.95. The third-order valence-electron chi connectivity index (χ3n) is 1.06. The molecule has 0 rings (SSSR count). The summed E-state index contributed by atoms with van der Waals surface area (Å²) in [5.74, 6) is 0. The number of hydrogen-bond donors (Lipinski definition) is 1. The molecule has 0 saturated heterocycles. The summed E-state index contributed by atoms with van der Waals surface area (Å²) in [6, 6.07) is 0. The Hall–Kier alpha value is -0.630. The summed E-state index contributed by atoms with van der Waals surface area (Å²) in [5.41, 5.74) is 0.902. The van der Waals surface area contributed by atoms with Gasteiger partial charge in [0.1, 0.15) is 6.29 Å². The van der Waals surface area contributed by atoms with Crippen LogP contribution in [-0.2, 0) is 4.79 Å². The third-order valence-corrected chi connectivity index (χ3v) is 1.06. The minimum atomic E-state index is 0.178. The van der Waals surface area contributed by atoms with E-state index in [0.717, 1.165) is 18.3 Å². The van der Waals surface area contributed by atoms with Gasteiger partial charge in [0.05, 0.1) is 0 Å². The number of hydrogen-bond acceptors (Lipinski definition) is 2. The van der Waals surface area contributed by atoms with Crippen LogP contribution in [0, 0.1) is 0 Å². The van der Waals surface area contributed by atoms with Gasteiger partial charge in [0.2, 0.25) is 0 Å². The Labute approximate surface area is 55.2 Å². The average molecular weight is 128 g/mol. The fourth-order valence-electron chi connectivity index (χ4n) is 0.549. The SMILES string of the molecule is C=C(CC=O)CCCO. The van der Waals surface area contributed by atoms with E-state index in [2.05, 4.69) is 6.58 Å². The molecular weight excluding hydrogens is 116 g/mol. The fraction of sp³-hybridized carbons (Fsp3) is 0.571. The lowest BCUT2D eigenvalue weighted by atomic mass is 10.1. The lowest BCUT2D eigenvalue weighted by Gasteiger charge is -1.96. The predicted molar refractivity (Wildman–Crippen MR) is 36.1 cm³/mol. The Morgan fingerprint density at radius 3 is 2.78 bits per heavy atom. The molecule has 0 spiro atoms. The van der Waals surface area contributed by atoms with E-state index >= 15 is 0 Å². The van der Waals surface area contributed by atoms with E-state index in [0.29, 0.717) is 12.8 Å². The van der Waals surface area contributed by atoms with E-state index < -0.39 is 0 Å². The van der Waals surface area contributed by atoms with Crippen molar-refractivity contribution in [1.29, 1.82) is 0 Å². The van der Waals surface area contributed by atoms with Crippen LogP contribution < -0.4 is 0 Å². The van der Waals surface area contributed by atoms with Gasteiger partial charge in [-0.15, -0.1) is 0 Å². The highest BCUT2D eigenvalue weighted by Gasteiger charge is 1.90. The van der Waals surface area contributed by atoms with Crippen molar-refractivity contribution >= 4 is 6.29 Å². The smallest absolute Gasteiger partial charge is 0.124 e. The zero-order valence-electron chi connectivity index (χ0n) is 5.47. The standard InChI is InChI=1S/C7H12O2/c1-7(4-6-9)3-2-5-8/h6,8H,1-5H2. The highest BCUT2D eigenvalue weighted by Crippen LogP contribution is 2.03. The van der Waals surface area contributed by atoms with Crippen molar-refractivity contribution in [1.82, 2.24) is 0 Å². The zero-order valence-corrected chi connectivity index (χ0v) is 5.47. The maximum Gasteiger partial charge on any atom is 0.124 e. The van der Waals surface area contributed by atoms with Crippen LogP contribution in [0.2, 0.25) is 0 Å². The van der Waals surface area contributed by atoms with Gasteiger partial charge < -0.3 is 9.90 Å². The lowest BCUT2D eigenvalue weighted by Crippen LogP contribution is -1.86. The first kappa shape index (κ1) is 8.37. The Bertz CT molecular complexity index is 97.1. The van der Waals surface area contributed by atoms with E-state index in [1.165, 1.54) is 0 Å². The summed E-state index contributed by atoms with van der Waals surface area (Å²) < 4.78 is 0. The van der Waals surface area contributed by atoms with Gasteiger partial charge in [-0.2, -0.15) is 0 Å². The van der Waals surface area contributed by atoms with E-state index in [1.807, 2.05) is 0 Å². The van der Waals surface area contributed by atoms with Crippen LogP contribution in [-0.4, -0.2) is 18.0 Å². The molecule has 0 radical (unpaired) electrons. The lowest BCUT2D eigenvalue weighted by molar-refractivity contribution is -0.107. The van der Waals surface area contributed by atoms with Crippen molar-refractivity contribution in [2.45, 2.75) is 19.3 Å². The van der Waals surface area contributed by atoms with E-state index in [4.69, 9.17) is 5.11 Å². The van der Waals surface area contributed by atoms with Gasteiger partial charge in [-0.3, -0.25) is 0 Å².